The SMILES string of the molecule is CC.CC.CC(C)(C)C(CN1Cc2ccccc2S1=O)OC(=O)NCC=O.CCCCC/C=C\C(C)C(CC)NC(C)(O)C1CCCN1C.COc1ccc2c(OC)cc(-c3csc(NC(C)C)n3)nc2c1.O=CO. The van der Waals surface area contributed by atoms with Crippen molar-refractivity contribution < 1.29 is 43.0 Å². The van der Waals surface area contributed by atoms with Crippen LogP contribution in [0.2, 0.25) is 0 Å². The summed E-state index contributed by atoms with van der Waals surface area (Å²) in [5.41, 5.74) is 2.35. The minimum Gasteiger partial charge on any atom is -0.497 e. The summed E-state index contributed by atoms with van der Waals surface area (Å²) in [7, 11) is 4.18. The average molecular weight is 1080 g/mol. The van der Waals surface area contributed by atoms with E-state index in [1.165, 1.54) is 32.1 Å². The first-order valence-corrected chi connectivity index (χ1v) is 28.6. The quantitative estimate of drug-likeness (QED) is 0.0242. The number of methoxy groups -OCH3 is 2. The highest BCUT2D eigenvalue weighted by Gasteiger charge is 2.39. The number of rotatable bonds is 20. The molecule has 2 aliphatic heterocycles. The molecule has 422 valence electrons. The number of likely N-dealkylation sites (N-methyl/N-ethyl adjacent to an activating group) is 1. The molecule has 1 fully saturated rings. The van der Waals surface area contributed by atoms with Crippen molar-refractivity contribution in [2.24, 2.45) is 11.3 Å². The molecule has 6 atom stereocenters. The molecule has 0 radical (unpaired) electrons. The third-order valence-corrected chi connectivity index (χ3v) is 14.5. The summed E-state index contributed by atoms with van der Waals surface area (Å²) in [4.78, 5) is 42.8. The summed E-state index contributed by atoms with van der Waals surface area (Å²) in [5.74, 6) is 1.99. The van der Waals surface area contributed by atoms with Gasteiger partial charge < -0.3 is 39.9 Å². The first-order chi connectivity index (χ1) is 35.8. The number of anilines is 1. The molecule has 75 heavy (non-hydrogen) atoms. The number of benzene rings is 2. The highest BCUT2D eigenvalue weighted by Crippen LogP contribution is 2.34. The lowest BCUT2D eigenvalue weighted by Gasteiger charge is -2.39. The summed E-state index contributed by atoms with van der Waals surface area (Å²) < 4.78 is 30.6. The lowest BCUT2D eigenvalue weighted by atomic mass is 9.89. The normalized spacial score (nSPS) is 17.0. The molecule has 6 unspecified atom stereocenters. The number of hydrogen-bond donors (Lipinski definition) is 5. The van der Waals surface area contributed by atoms with Gasteiger partial charge in [0.15, 0.2) is 5.13 Å². The summed E-state index contributed by atoms with van der Waals surface area (Å²) in [6.45, 7) is 28.4. The lowest BCUT2D eigenvalue weighted by Crippen LogP contribution is -2.60. The zero-order valence-electron chi connectivity index (χ0n) is 48.0. The number of nitrogens with one attached hydrogen (secondary N) is 3. The Morgan fingerprint density at radius 1 is 0.973 bits per heavy atom. The number of thiazole rings is 1. The van der Waals surface area contributed by atoms with Crippen LogP contribution in [0.5, 0.6) is 11.5 Å². The Balaban J connectivity index is 0.000000530. The molecular weight excluding hydrogens is 991 g/mol. The summed E-state index contributed by atoms with van der Waals surface area (Å²) >= 11 is 1.57. The Hall–Kier alpha value is -4.98. The molecular formula is C57H93N7O9S2. The molecule has 6 rings (SSSR count). The molecule has 4 aromatic rings. The molecule has 5 N–H and O–H groups in total. The number of likely N-dealkylation sites (tertiary alicyclic amines) is 1. The number of ether oxygens (including phenoxy) is 3. The zero-order valence-corrected chi connectivity index (χ0v) is 49.7. The third-order valence-electron chi connectivity index (χ3n) is 12.2. The van der Waals surface area contributed by atoms with E-state index in [1.54, 1.807) is 29.9 Å². The van der Waals surface area contributed by atoms with Gasteiger partial charge in [-0.2, -0.15) is 0 Å². The van der Waals surface area contributed by atoms with Crippen molar-refractivity contribution in [3.05, 3.63) is 71.6 Å². The summed E-state index contributed by atoms with van der Waals surface area (Å²) in [6, 6.07) is 16.2. The number of carboxylic acid groups (broad SMARTS) is 1. The van der Waals surface area contributed by atoms with Crippen molar-refractivity contribution in [2.75, 3.05) is 46.2 Å². The third kappa shape index (κ3) is 23.0. The number of aliphatic hydroxyl groups is 1. The first-order valence-electron chi connectivity index (χ1n) is 26.6. The molecule has 0 bridgehead atoms. The maximum absolute atomic E-state index is 12.6. The minimum absolute atomic E-state index is 0.0865. The monoisotopic (exact) mass is 1080 g/mol. The van der Waals surface area contributed by atoms with Gasteiger partial charge >= 0.3 is 6.09 Å². The van der Waals surface area contributed by atoms with Crippen LogP contribution in [0.1, 0.15) is 141 Å². The molecule has 1 saturated heterocycles. The van der Waals surface area contributed by atoms with Crippen LogP contribution in [0.15, 0.2) is 71.0 Å². The average Bonchev–Trinajstić information content (AvgIpc) is 4.14. The summed E-state index contributed by atoms with van der Waals surface area (Å²) in [6.07, 6.45) is 12.5. The van der Waals surface area contributed by atoms with Crippen LogP contribution in [0, 0.1) is 11.3 Å². The number of aldehydes is 1. The lowest BCUT2D eigenvalue weighted by molar-refractivity contribution is -0.122. The number of unbranched alkanes of at least 4 members (excludes halogenated alkanes) is 3. The Kier molecular flexibility index (Phi) is 32.8. The van der Waals surface area contributed by atoms with E-state index in [1.807, 2.05) is 109 Å². The van der Waals surface area contributed by atoms with Crippen molar-refractivity contribution in [3.8, 4) is 22.9 Å². The number of alkyl carbamates (subject to hydrolysis) is 1. The molecule has 0 spiro atoms. The van der Waals surface area contributed by atoms with Crippen LogP contribution >= 0.6 is 11.3 Å². The zero-order chi connectivity index (χ0) is 56.7. The molecule has 2 aliphatic rings. The van der Waals surface area contributed by atoms with Gasteiger partial charge in [-0.3, -0.25) is 15.0 Å². The second kappa shape index (κ2) is 36.1. The van der Waals surface area contributed by atoms with E-state index >= 15 is 0 Å². The number of amides is 1. The van der Waals surface area contributed by atoms with Gasteiger partial charge in [0.05, 0.1) is 42.9 Å². The Morgan fingerprint density at radius 2 is 1.65 bits per heavy atom. The number of nitrogens with zero attached hydrogens (tertiary/aromatic N) is 4. The second-order valence-electron chi connectivity index (χ2n) is 19.3. The van der Waals surface area contributed by atoms with E-state index in [2.05, 4.69) is 79.7 Å². The number of hydrogen-bond acceptors (Lipinski definition) is 14. The predicted molar refractivity (Wildman–Crippen MR) is 309 cm³/mol. The minimum atomic E-state index is -1.25. The van der Waals surface area contributed by atoms with Crippen LogP contribution in [0.4, 0.5) is 9.93 Å². The van der Waals surface area contributed by atoms with E-state index < -0.39 is 28.9 Å². The van der Waals surface area contributed by atoms with Crippen molar-refractivity contribution in [1.82, 2.24) is 29.8 Å². The number of carbonyl (C=O) groups is 3. The van der Waals surface area contributed by atoms with Crippen molar-refractivity contribution in [2.45, 2.75) is 176 Å². The van der Waals surface area contributed by atoms with Gasteiger partial charge in [0.1, 0.15) is 46.3 Å². The highest BCUT2D eigenvalue weighted by molar-refractivity contribution is 7.83. The van der Waals surface area contributed by atoms with Crippen LogP contribution in [0.25, 0.3) is 22.3 Å². The molecule has 2 aromatic carbocycles. The highest BCUT2D eigenvalue weighted by atomic mass is 32.2. The fraction of sp³-hybridized carbons (Fsp3) is 0.596. The van der Waals surface area contributed by atoms with Gasteiger partial charge in [0.25, 0.3) is 6.47 Å². The number of pyridine rings is 1. The molecule has 0 aliphatic carbocycles. The van der Waals surface area contributed by atoms with Gasteiger partial charge in [0, 0.05) is 53.5 Å². The Morgan fingerprint density at radius 3 is 2.21 bits per heavy atom. The van der Waals surface area contributed by atoms with Crippen LogP contribution < -0.4 is 25.4 Å². The molecule has 16 nitrogen and oxygen atoms in total. The standard InChI is InChI=1S/C19H38N2O.C17H19N3O2S.C16H22N2O4S.2C2H6.CH2O2/c1-6-8-9-10-11-13-16(3)17(7-2)20-19(4,22)18-14-12-15-21(18)5;1-10(2)18-17-20-15(9-23-17)14-8-16(22-4)12-6-5-11(21-3)7-13(12)19-14;1-16(2,3)14(22-15(20)17-8-9-19)11-18-10-12-6-4-5-7-13(12)23(18)21;2*1-2;2-1-3/h11,13,16-18,20,22H,6-10,12,14-15H2,1-5H3;5-10H,1-4H3,(H,18,20);4-7,9,14H,8,10-11H2,1-3H3,(H,17,20);2*1-2H3;1H,(H,2,3)/b13-11-;;;;;. The number of carbonyl (C=O) groups excluding carboxylic acids is 2. The van der Waals surface area contributed by atoms with Gasteiger partial charge in [-0.1, -0.05) is 112 Å². The van der Waals surface area contributed by atoms with Gasteiger partial charge in [-0.05, 0) is 96.1 Å². The summed E-state index contributed by atoms with van der Waals surface area (Å²) in [5, 5.41) is 30.8. The van der Waals surface area contributed by atoms with E-state index in [9.17, 15) is 18.9 Å². The second-order valence-corrected chi connectivity index (χ2v) is 21.6. The molecule has 4 heterocycles. The molecule has 2 aromatic heterocycles. The molecule has 18 heteroatoms. The van der Waals surface area contributed by atoms with Crippen molar-refractivity contribution in [1.29, 1.82) is 0 Å². The van der Waals surface area contributed by atoms with E-state index in [-0.39, 0.29) is 24.5 Å². The number of aromatic nitrogens is 2. The fourth-order valence-electron chi connectivity index (χ4n) is 8.26. The first kappa shape index (κ1) is 68.0. The van der Waals surface area contributed by atoms with E-state index in [0.717, 1.165) is 68.8 Å². The van der Waals surface area contributed by atoms with Crippen molar-refractivity contribution >= 4 is 57.2 Å². The smallest absolute Gasteiger partial charge is 0.407 e. The maximum atomic E-state index is 12.6. The van der Waals surface area contributed by atoms with Gasteiger partial charge in [-0.15, -0.1) is 11.3 Å². The van der Waals surface area contributed by atoms with Gasteiger partial charge in [-0.25, -0.2) is 23.3 Å². The van der Waals surface area contributed by atoms with Crippen LogP contribution in [-0.4, -0.2) is 123 Å². The van der Waals surface area contributed by atoms with E-state index in [0.29, 0.717) is 37.4 Å². The number of allylic oxidation sites excluding steroid dienone is 1. The largest absolute Gasteiger partial charge is 0.497 e. The molecule has 0 saturated carbocycles. The van der Waals surface area contributed by atoms with Crippen molar-refractivity contribution in [3.63, 3.8) is 0 Å². The van der Waals surface area contributed by atoms with E-state index in [4.69, 9.17) is 29.1 Å². The number of fused-ring (bicyclic) bond motifs is 2. The Labute approximate surface area is 456 Å². The van der Waals surface area contributed by atoms with Gasteiger partial charge in [0.2, 0.25) is 0 Å². The topological polar surface area (TPSA) is 205 Å². The fourth-order valence-corrected chi connectivity index (χ4v) is 10.5. The predicted octanol–water partition coefficient (Wildman–Crippen LogP) is 11.7. The van der Waals surface area contributed by atoms with Crippen LogP contribution in [0.3, 0.4) is 0 Å². The Bertz CT molecular complexity index is 2300. The molecule has 1 amide bonds. The maximum Gasteiger partial charge on any atom is 0.407 e. The van der Waals surface area contributed by atoms with Crippen LogP contribution in [-0.2, 0) is 31.9 Å².